The third-order valence-corrected chi connectivity index (χ3v) is 5.07. The van der Waals surface area contributed by atoms with Gasteiger partial charge in [0, 0.05) is 6.54 Å². The van der Waals surface area contributed by atoms with E-state index in [1.165, 1.54) is 0 Å². The van der Waals surface area contributed by atoms with Crippen LogP contribution < -0.4 is 10.1 Å². The van der Waals surface area contributed by atoms with E-state index < -0.39 is 30.0 Å². The van der Waals surface area contributed by atoms with Crippen LogP contribution in [0.5, 0.6) is 5.75 Å². The van der Waals surface area contributed by atoms with Crippen molar-refractivity contribution in [3.63, 3.8) is 0 Å². The van der Waals surface area contributed by atoms with E-state index in [2.05, 4.69) is 12.2 Å². The molecule has 1 heterocycles. The van der Waals surface area contributed by atoms with E-state index in [1.54, 1.807) is 0 Å². The lowest BCUT2D eigenvalue weighted by molar-refractivity contribution is 0.00578. The van der Waals surface area contributed by atoms with Crippen molar-refractivity contribution in [2.24, 2.45) is 0 Å². The van der Waals surface area contributed by atoms with Crippen LogP contribution in [0.4, 0.5) is 4.79 Å². The van der Waals surface area contributed by atoms with E-state index >= 15 is 0 Å². The van der Waals surface area contributed by atoms with Gasteiger partial charge in [-0.3, -0.25) is 0 Å². The number of ether oxygens (including phenoxy) is 2. The van der Waals surface area contributed by atoms with Gasteiger partial charge in [-0.2, -0.15) is 0 Å². The molecular formula is C23H36BNO5. The van der Waals surface area contributed by atoms with Crippen LogP contribution in [-0.4, -0.2) is 43.2 Å². The normalized spacial score (nSPS) is 18.3. The molecule has 0 aromatic heterocycles. The molecule has 0 unspecified atom stereocenters. The zero-order valence-corrected chi connectivity index (χ0v) is 19.6. The van der Waals surface area contributed by atoms with Crippen LogP contribution in [0.15, 0.2) is 29.7 Å². The molecule has 1 fully saturated rings. The third-order valence-electron chi connectivity index (χ3n) is 5.07. The zero-order chi connectivity index (χ0) is 22.6. The molecule has 0 radical (unpaired) electrons. The highest BCUT2D eigenvalue weighted by atomic mass is 16.7. The molecule has 1 aliphatic rings. The molecule has 1 aliphatic heterocycles. The second-order valence-corrected chi connectivity index (χ2v) is 9.58. The van der Waals surface area contributed by atoms with Gasteiger partial charge in [0.05, 0.1) is 17.8 Å². The number of benzene rings is 1. The molecular weight excluding hydrogens is 381 g/mol. The summed E-state index contributed by atoms with van der Waals surface area (Å²) in [5, 5.41) is 2.82. The predicted molar refractivity (Wildman–Crippen MR) is 121 cm³/mol. The lowest BCUT2D eigenvalue weighted by atomic mass is 9.77. The van der Waals surface area contributed by atoms with Gasteiger partial charge in [0.2, 0.25) is 0 Å². The molecule has 1 N–H and O–H groups in total. The summed E-state index contributed by atoms with van der Waals surface area (Å²) in [6, 6.07) is 7.83. The number of alkyl carbamates (subject to hydrolysis) is 1. The van der Waals surface area contributed by atoms with Crippen LogP contribution in [0.25, 0.3) is 6.08 Å². The first-order chi connectivity index (χ1) is 13.8. The number of rotatable bonds is 7. The summed E-state index contributed by atoms with van der Waals surface area (Å²) < 4.78 is 23.5. The van der Waals surface area contributed by atoms with Crippen LogP contribution in [0.2, 0.25) is 0 Å². The molecule has 2 rings (SSSR count). The Bertz CT molecular complexity index is 751. The smallest absolute Gasteiger partial charge is 0.492 e. The van der Waals surface area contributed by atoms with Crippen molar-refractivity contribution in [1.29, 1.82) is 0 Å². The van der Waals surface area contributed by atoms with Gasteiger partial charge in [-0.05, 0) is 78.1 Å². The minimum atomic E-state index is -0.579. The minimum absolute atomic E-state index is 0.242. The molecule has 0 atom stereocenters. The summed E-state index contributed by atoms with van der Waals surface area (Å²) in [5.41, 5.74) is 0.221. The van der Waals surface area contributed by atoms with Crippen LogP contribution in [0.3, 0.4) is 0 Å². The second kappa shape index (κ2) is 9.44. The summed E-state index contributed by atoms with van der Waals surface area (Å²) in [5.74, 6) is 0.805. The maximum Gasteiger partial charge on any atom is 0.492 e. The van der Waals surface area contributed by atoms with Crippen LogP contribution >= 0.6 is 0 Å². The van der Waals surface area contributed by atoms with Crippen molar-refractivity contribution < 1.29 is 23.6 Å². The Kier molecular flexibility index (Phi) is 7.64. The van der Waals surface area contributed by atoms with Crippen molar-refractivity contribution in [3.8, 4) is 5.75 Å². The Balaban J connectivity index is 2.25. The highest BCUT2D eigenvalue weighted by Gasteiger charge is 2.52. The van der Waals surface area contributed by atoms with Crippen molar-refractivity contribution in [2.75, 3.05) is 13.2 Å². The third kappa shape index (κ3) is 6.78. The Morgan fingerprint density at radius 1 is 1.17 bits per heavy atom. The first-order valence-corrected chi connectivity index (χ1v) is 10.6. The van der Waals surface area contributed by atoms with Crippen molar-refractivity contribution in [3.05, 3.63) is 35.3 Å². The molecule has 30 heavy (non-hydrogen) atoms. The van der Waals surface area contributed by atoms with E-state index in [4.69, 9.17) is 18.8 Å². The van der Waals surface area contributed by atoms with Crippen LogP contribution in [0, 0.1) is 0 Å². The molecule has 166 valence electrons. The highest BCUT2D eigenvalue weighted by Crippen LogP contribution is 2.38. The average Bonchev–Trinajstić information content (AvgIpc) is 2.83. The minimum Gasteiger partial charge on any atom is -0.494 e. The number of carbonyl (C=O) groups is 1. The summed E-state index contributed by atoms with van der Waals surface area (Å²) in [7, 11) is -0.579. The number of hydrogen-bond acceptors (Lipinski definition) is 5. The van der Waals surface area contributed by atoms with Crippen molar-refractivity contribution in [2.45, 2.75) is 78.6 Å². The van der Waals surface area contributed by atoms with E-state index in [-0.39, 0.29) is 6.54 Å². The van der Waals surface area contributed by atoms with Gasteiger partial charge < -0.3 is 24.1 Å². The standard InChI is InChI=1S/C23H36BNO5/c1-9-13-27-19-12-10-11-17(15-19)14-18(16-25-20(26)28-21(2,3)4)24-29-22(5,6)23(7,8)30-24/h10-12,14-15H,9,13,16H2,1-8H3,(H,25,26). The first kappa shape index (κ1) is 24.3. The molecule has 7 heteroatoms. The first-order valence-electron chi connectivity index (χ1n) is 10.6. The highest BCUT2D eigenvalue weighted by molar-refractivity contribution is 6.56. The van der Waals surface area contributed by atoms with Crippen LogP contribution in [0.1, 0.15) is 67.4 Å². The van der Waals surface area contributed by atoms with E-state index in [9.17, 15) is 4.79 Å². The quantitative estimate of drug-likeness (QED) is 0.632. The number of amides is 1. The fraction of sp³-hybridized carbons (Fsp3) is 0.609. The second-order valence-electron chi connectivity index (χ2n) is 9.58. The number of nitrogens with one attached hydrogen (secondary N) is 1. The van der Waals surface area contributed by atoms with Gasteiger partial charge in [0.1, 0.15) is 11.4 Å². The summed E-state index contributed by atoms with van der Waals surface area (Å²) >= 11 is 0. The Hall–Kier alpha value is -1.99. The summed E-state index contributed by atoms with van der Waals surface area (Å²) in [6.07, 6.45) is 2.43. The zero-order valence-electron chi connectivity index (χ0n) is 19.6. The molecule has 6 nitrogen and oxygen atoms in total. The fourth-order valence-electron chi connectivity index (χ4n) is 2.81. The summed E-state index contributed by atoms with van der Waals surface area (Å²) in [6.45, 7) is 16.5. The van der Waals surface area contributed by atoms with Crippen LogP contribution in [-0.2, 0) is 14.0 Å². The van der Waals surface area contributed by atoms with Gasteiger partial charge >= 0.3 is 13.2 Å². The molecule has 0 aliphatic carbocycles. The molecule has 0 spiro atoms. The molecule has 1 saturated heterocycles. The maximum absolute atomic E-state index is 12.2. The van der Waals surface area contributed by atoms with E-state index in [0.717, 1.165) is 23.2 Å². The topological polar surface area (TPSA) is 66.0 Å². The average molecular weight is 417 g/mol. The summed E-state index contributed by atoms with van der Waals surface area (Å²) in [4.78, 5) is 12.2. The maximum atomic E-state index is 12.2. The number of hydrogen-bond donors (Lipinski definition) is 1. The monoisotopic (exact) mass is 417 g/mol. The van der Waals surface area contributed by atoms with Crippen molar-refractivity contribution >= 4 is 19.3 Å². The van der Waals surface area contributed by atoms with Gasteiger partial charge in [0.25, 0.3) is 0 Å². The molecule has 1 aromatic carbocycles. The van der Waals surface area contributed by atoms with Gasteiger partial charge in [0.15, 0.2) is 0 Å². The van der Waals surface area contributed by atoms with Gasteiger partial charge in [-0.15, -0.1) is 0 Å². The molecule has 1 amide bonds. The van der Waals surface area contributed by atoms with Gasteiger partial charge in [-0.1, -0.05) is 25.1 Å². The van der Waals surface area contributed by atoms with E-state index in [0.29, 0.717) is 6.61 Å². The lowest BCUT2D eigenvalue weighted by Crippen LogP contribution is -2.41. The Labute approximate surface area is 181 Å². The Morgan fingerprint density at radius 3 is 2.37 bits per heavy atom. The largest absolute Gasteiger partial charge is 0.494 e. The Morgan fingerprint density at radius 2 is 1.80 bits per heavy atom. The SMILES string of the molecule is CCCOc1cccc(C=C(CNC(=O)OC(C)(C)C)B2OC(C)(C)C(C)(C)O2)c1. The van der Waals surface area contributed by atoms with E-state index in [1.807, 2.05) is 78.8 Å². The fourth-order valence-corrected chi connectivity index (χ4v) is 2.81. The van der Waals surface area contributed by atoms with Crippen molar-refractivity contribution in [1.82, 2.24) is 5.32 Å². The molecule has 0 bridgehead atoms. The van der Waals surface area contributed by atoms with Gasteiger partial charge in [-0.25, -0.2) is 4.79 Å². The number of carbonyl (C=O) groups excluding carboxylic acids is 1. The predicted octanol–water partition coefficient (Wildman–Crippen LogP) is 5.01. The lowest BCUT2D eigenvalue weighted by Gasteiger charge is -2.32. The molecule has 1 aromatic rings. The molecule has 0 saturated carbocycles.